The summed E-state index contributed by atoms with van der Waals surface area (Å²) in [5.41, 5.74) is 2.55. The lowest BCUT2D eigenvalue weighted by Crippen LogP contribution is -2.14. The van der Waals surface area contributed by atoms with Crippen LogP contribution < -0.4 is 0 Å². The molecular formula is C14H19NO2. The third-order valence-corrected chi connectivity index (χ3v) is 3.49. The van der Waals surface area contributed by atoms with Crippen molar-refractivity contribution in [1.82, 2.24) is 4.90 Å². The van der Waals surface area contributed by atoms with Gasteiger partial charge in [-0.3, -0.25) is 4.79 Å². The zero-order valence-electron chi connectivity index (χ0n) is 10.2. The average Bonchev–Trinajstić information content (AvgIpc) is 2.73. The minimum atomic E-state index is -0.719. The quantitative estimate of drug-likeness (QED) is 0.866. The Hall–Kier alpha value is -1.35. The Labute approximate surface area is 102 Å². The molecule has 0 aromatic heterocycles. The highest BCUT2D eigenvalue weighted by Crippen LogP contribution is 2.29. The number of carboxylic acid groups (broad SMARTS) is 1. The summed E-state index contributed by atoms with van der Waals surface area (Å²) >= 11 is 0. The van der Waals surface area contributed by atoms with Gasteiger partial charge >= 0.3 is 5.97 Å². The van der Waals surface area contributed by atoms with Crippen molar-refractivity contribution in [3.05, 3.63) is 35.4 Å². The molecule has 0 saturated carbocycles. The summed E-state index contributed by atoms with van der Waals surface area (Å²) in [5.74, 6) is -0.145. The van der Waals surface area contributed by atoms with Crippen molar-refractivity contribution >= 4 is 5.97 Å². The van der Waals surface area contributed by atoms with Gasteiger partial charge in [0.15, 0.2) is 0 Å². The average molecular weight is 233 g/mol. The maximum Gasteiger partial charge on any atom is 0.303 e. The van der Waals surface area contributed by atoms with E-state index in [2.05, 4.69) is 30.1 Å². The van der Waals surface area contributed by atoms with Gasteiger partial charge in [0.05, 0.1) is 0 Å². The zero-order valence-corrected chi connectivity index (χ0v) is 10.2. The van der Waals surface area contributed by atoms with Crippen LogP contribution in [0.1, 0.15) is 29.9 Å². The fraction of sp³-hybridized carbons (Fsp3) is 0.500. The van der Waals surface area contributed by atoms with E-state index in [-0.39, 0.29) is 6.42 Å². The first-order valence-corrected chi connectivity index (χ1v) is 6.15. The van der Waals surface area contributed by atoms with Crippen LogP contribution in [0.3, 0.4) is 0 Å². The van der Waals surface area contributed by atoms with E-state index in [4.69, 9.17) is 5.11 Å². The van der Waals surface area contributed by atoms with Crippen LogP contribution in [0.15, 0.2) is 24.3 Å². The molecule has 1 aliphatic heterocycles. The predicted molar refractivity (Wildman–Crippen MR) is 67.3 cm³/mol. The monoisotopic (exact) mass is 233 g/mol. The number of likely N-dealkylation sites (tertiary alicyclic amines) is 1. The summed E-state index contributed by atoms with van der Waals surface area (Å²) in [6.45, 7) is 2.22. The molecule has 1 aromatic carbocycles. The number of carbonyl (C=O) groups is 1. The van der Waals surface area contributed by atoms with E-state index < -0.39 is 5.97 Å². The Kier molecular flexibility index (Phi) is 3.79. The first kappa shape index (κ1) is 12.1. The fourth-order valence-electron chi connectivity index (χ4n) is 2.59. The predicted octanol–water partition coefficient (Wildman–Crippen LogP) is 2.12. The first-order valence-electron chi connectivity index (χ1n) is 6.15. The summed E-state index contributed by atoms with van der Waals surface area (Å²) in [6.07, 6.45) is 2.05. The molecule has 3 nitrogen and oxygen atoms in total. The van der Waals surface area contributed by atoms with Gasteiger partial charge < -0.3 is 10.0 Å². The number of hydrogen-bond acceptors (Lipinski definition) is 2. The summed E-state index contributed by atoms with van der Waals surface area (Å²) in [6, 6.07) is 8.27. The number of benzene rings is 1. The molecule has 0 radical (unpaired) electrons. The molecule has 17 heavy (non-hydrogen) atoms. The number of aryl methyl sites for hydroxylation is 1. The minimum absolute atomic E-state index is 0.222. The van der Waals surface area contributed by atoms with Gasteiger partial charge in [-0.2, -0.15) is 0 Å². The van der Waals surface area contributed by atoms with Gasteiger partial charge in [0.2, 0.25) is 0 Å². The van der Waals surface area contributed by atoms with Crippen LogP contribution in [0.25, 0.3) is 0 Å². The van der Waals surface area contributed by atoms with Crippen molar-refractivity contribution in [2.75, 3.05) is 20.1 Å². The van der Waals surface area contributed by atoms with E-state index in [1.807, 2.05) is 6.07 Å². The Morgan fingerprint density at radius 1 is 1.47 bits per heavy atom. The van der Waals surface area contributed by atoms with Gasteiger partial charge in [0.25, 0.3) is 0 Å². The van der Waals surface area contributed by atoms with Crippen molar-refractivity contribution in [3.63, 3.8) is 0 Å². The Morgan fingerprint density at radius 3 is 2.88 bits per heavy atom. The maximum atomic E-state index is 10.6. The number of carboxylic acids is 1. The summed E-state index contributed by atoms with van der Waals surface area (Å²) in [7, 11) is 2.14. The van der Waals surface area contributed by atoms with Crippen molar-refractivity contribution < 1.29 is 9.90 Å². The normalized spacial score (nSPS) is 20.6. The largest absolute Gasteiger partial charge is 0.481 e. The lowest BCUT2D eigenvalue weighted by Gasteiger charge is -2.15. The highest BCUT2D eigenvalue weighted by molar-refractivity contribution is 5.67. The van der Waals surface area contributed by atoms with Gasteiger partial charge in [0, 0.05) is 13.0 Å². The summed E-state index contributed by atoms with van der Waals surface area (Å²) in [4.78, 5) is 13.0. The number of aliphatic carboxylic acids is 1. The van der Waals surface area contributed by atoms with Crippen LogP contribution in [0.2, 0.25) is 0 Å². The number of hydrogen-bond donors (Lipinski definition) is 1. The van der Waals surface area contributed by atoms with Crippen LogP contribution >= 0.6 is 0 Å². The van der Waals surface area contributed by atoms with Crippen LogP contribution in [-0.4, -0.2) is 36.1 Å². The van der Waals surface area contributed by atoms with Crippen molar-refractivity contribution in [2.45, 2.75) is 25.2 Å². The second kappa shape index (κ2) is 5.32. The van der Waals surface area contributed by atoms with Gasteiger partial charge in [-0.15, -0.1) is 0 Å². The number of nitrogens with zero attached hydrogens (tertiary/aromatic N) is 1. The van der Waals surface area contributed by atoms with Crippen LogP contribution in [0.4, 0.5) is 0 Å². The standard InChI is InChI=1S/C14H19NO2/c1-15-9-8-12(10-15)13-5-3-2-4-11(13)6-7-14(16)17/h2-5,12H,6-10H2,1H3,(H,16,17). The smallest absolute Gasteiger partial charge is 0.303 e. The zero-order chi connectivity index (χ0) is 12.3. The SMILES string of the molecule is CN1CCC(c2ccccc2CCC(=O)O)C1. The topological polar surface area (TPSA) is 40.5 Å². The molecule has 1 heterocycles. The Bertz CT molecular complexity index is 403. The molecule has 0 aliphatic carbocycles. The van der Waals surface area contributed by atoms with Crippen molar-refractivity contribution in [3.8, 4) is 0 Å². The molecule has 1 aromatic rings. The molecule has 92 valence electrons. The third-order valence-electron chi connectivity index (χ3n) is 3.49. The molecule has 1 aliphatic rings. The van der Waals surface area contributed by atoms with E-state index in [0.29, 0.717) is 12.3 Å². The molecule has 1 atom stereocenters. The first-order chi connectivity index (χ1) is 8.16. The summed E-state index contributed by atoms with van der Waals surface area (Å²) in [5, 5.41) is 8.76. The molecule has 0 spiro atoms. The Morgan fingerprint density at radius 2 is 2.24 bits per heavy atom. The molecular weight excluding hydrogens is 214 g/mol. The highest BCUT2D eigenvalue weighted by atomic mass is 16.4. The minimum Gasteiger partial charge on any atom is -0.481 e. The molecule has 1 saturated heterocycles. The molecule has 0 bridgehead atoms. The van der Waals surface area contributed by atoms with Gasteiger partial charge in [-0.25, -0.2) is 0 Å². The van der Waals surface area contributed by atoms with Crippen LogP contribution in [0, 0.1) is 0 Å². The summed E-state index contributed by atoms with van der Waals surface area (Å²) < 4.78 is 0. The lowest BCUT2D eigenvalue weighted by molar-refractivity contribution is -0.136. The van der Waals surface area contributed by atoms with Gasteiger partial charge in [0.1, 0.15) is 0 Å². The second-order valence-electron chi connectivity index (χ2n) is 4.84. The van der Waals surface area contributed by atoms with Gasteiger partial charge in [-0.05, 0) is 43.5 Å². The van der Waals surface area contributed by atoms with E-state index >= 15 is 0 Å². The van der Waals surface area contributed by atoms with E-state index in [9.17, 15) is 4.79 Å². The van der Waals surface area contributed by atoms with E-state index in [1.54, 1.807) is 0 Å². The highest BCUT2D eigenvalue weighted by Gasteiger charge is 2.22. The second-order valence-corrected chi connectivity index (χ2v) is 4.84. The third kappa shape index (κ3) is 3.07. The van der Waals surface area contributed by atoms with Crippen molar-refractivity contribution in [2.24, 2.45) is 0 Å². The van der Waals surface area contributed by atoms with Crippen molar-refractivity contribution in [1.29, 1.82) is 0 Å². The Balaban J connectivity index is 2.12. The maximum absolute atomic E-state index is 10.6. The fourth-order valence-corrected chi connectivity index (χ4v) is 2.59. The molecule has 2 rings (SSSR count). The lowest BCUT2D eigenvalue weighted by atomic mass is 9.91. The molecule has 1 unspecified atom stereocenters. The number of likely N-dealkylation sites (N-methyl/N-ethyl adjacent to an activating group) is 1. The van der Waals surface area contributed by atoms with Gasteiger partial charge in [-0.1, -0.05) is 24.3 Å². The molecule has 3 heteroatoms. The van der Waals surface area contributed by atoms with Crippen LogP contribution in [0.5, 0.6) is 0 Å². The van der Waals surface area contributed by atoms with Crippen LogP contribution in [-0.2, 0) is 11.2 Å². The van der Waals surface area contributed by atoms with E-state index in [0.717, 1.165) is 13.1 Å². The molecule has 0 amide bonds. The molecule has 1 N–H and O–H groups in total. The van der Waals surface area contributed by atoms with E-state index in [1.165, 1.54) is 17.5 Å². The molecule has 1 fully saturated rings. The number of rotatable bonds is 4.